The van der Waals surface area contributed by atoms with Gasteiger partial charge in [0.2, 0.25) is 21.8 Å². The molecule has 122 valence electrons. The van der Waals surface area contributed by atoms with Crippen molar-refractivity contribution < 1.29 is 17.4 Å². The summed E-state index contributed by atoms with van der Waals surface area (Å²) in [6.45, 7) is 8.77. The molecular weight excluding hydrogens is 308 g/mol. The second kappa shape index (κ2) is 6.17. The van der Waals surface area contributed by atoms with E-state index in [1.54, 1.807) is 20.8 Å². The molecule has 0 saturated carbocycles. The lowest BCUT2D eigenvalue weighted by molar-refractivity contribution is 0.371. The number of hydrogen-bond acceptors (Lipinski definition) is 7. The van der Waals surface area contributed by atoms with Crippen LogP contribution in [-0.4, -0.2) is 23.8 Å². The van der Waals surface area contributed by atoms with Crippen molar-refractivity contribution in [2.45, 2.75) is 52.0 Å². The van der Waals surface area contributed by atoms with Crippen LogP contribution in [0.2, 0.25) is 0 Å². The van der Waals surface area contributed by atoms with Gasteiger partial charge in [-0.15, -0.1) is 10.2 Å². The fourth-order valence-corrected chi connectivity index (χ4v) is 3.76. The molecule has 0 aliphatic heterocycles. The van der Waals surface area contributed by atoms with E-state index in [1.165, 1.54) is 0 Å². The van der Waals surface area contributed by atoms with Gasteiger partial charge in [-0.1, -0.05) is 19.0 Å². The number of rotatable bonds is 6. The van der Waals surface area contributed by atoms with Crippen LogP contribution in [0.4, 0.5) is 0 Å². The molecule has 0 spiro atoms. The molecule has 8 nitrogen and oxygen atoms in total. The maximum Gasteiger partial charge on any atom is 0.246 e. The quantitative estimate of drug-likeness (QED) is 0.863. The van der Waals surface area contributed by atoms with Crippen LogP contribution in [0.1, 0.15) is 49.5 Å². The lowest BCUT2D eigenvalue weighted by Crippen LogP contribution is -2.30. The van der Waals surface area contributed by atoms with Crippen molar-refractivity contribution in [1.82, 2.24) is 20.1 Å². The zero-order chi connectivity index (χ0) is 16.5. The summed E-state index contributed by atoms with van der Waals surface area (Å²) >= 11 is 0. The van der Waals surface area contributed by atoms with Gasteiger partial charge in [0.1, 0.15) is 16.6 Å². The Kier molecular flexibility index (Phi) is 4.66. The standard InChI is InChI=1S/C13H20N4O4S/c1-7(2)6-11(13-15-14-10(5)20-13)17-22(18,19)12-8(3)16-21-9(12)4/h7,11,17H,6H2,1-5H3. The fourth-order valence-electron chi connectivity index (χ4n) is 2.23. The van der Waals surface area contributed by atoms with Gasteiger partial charge >= 0.3 is 0 Å². The predicted molar refractivity (Wildman–Crippen MR) is 77.5 cm³/mol. The van der Waals surface area contributed by atoms with E-state index in [1.807, 2.05) is 13.8 Å². The minimum Gasteiger partial charge on any atom is -0.424 e. The molecule has 0 saturated heterocycles. The largest absolute Gasteiger partial charge is 0.424 e. The Balaban J connectivity index is 2.34. The molecule has 22 heavy (non-hydrogen) atoms. The molecule has 0 radical (unpaired) electrons. The second-order valence-corrected chi connectivity index (χ2v) is 7.27. The van der Waals surface area contributed by atoms with Gasteiger partial charge in [-0.2, -0.15) is 4.72 Å². The smallest absolute Gasteiger partial charge is 0.246 e. The zero-order valence-electron chi connectivity index (χ0n) is 13.2. The highest BCUT2D eigenvalue weighted by Crippen LogP contribution is 2.25. The van der Waals surface area contributed by atoms with Crippen LogP contribution in [0, 0.1) is 26.7 Å². The van der Waals surface area contributed by atoms with E-state index in [-0.39, 0.29) is 22.5 Å². The van der Waals surface area contributed by atoms with E-state index in [9.17, 15) is 8.42 Å². The maximum absolute atomic E-state index is 12.6. The first-order valence-electron chi connectivity index (χ1n) is 6.96. The van der Waals surface area contributed by atoms with Gasteiger partial charge in [0, 0.05) is 6.92 Å². The van der Waals surface area contributed by atoms with Crippen molar-refractivity contribution in [3.05, 3.63) is 23.2 Å². The summed E-state index contributed by atoms with van der Waals surface area (Å²) < 4.78 is 38.1. The van der Waals surface area contributed by atoms with Crippen LogP contribution in [0.5, 0.6) is 0 Å². The molecule has 0 bridgehead atoms. The van der Waals surface area contributed by atoms with Crippen LogP contribution in [-0.2, 0) is 10.0 Å². The van der Waals surface area contributed by atoms with E-state index in [0.29, 0.717) is 18.0 Å². The number of hydrogen-bond donors (Lipinski definition) is 1. The molecular formula is C13H20N4O4S. The number of nitrogens with one attached hydrogen (secondary N) is 1. The first-order chi connectivity index (χ1) is 10.2. The molecule has 1 unspecified atom stereocenters. The Morgan fingerprint density at radius 1 is 1.18 bits per heavy atom. The summed E-state index contributed by atoms with van der Waals surface area (Å²) in [4.78, 5) is 0.0532. The SMILES string of the molecule is Cc1nnc(C(CC(C)C)NS(=O)(=O)c2c(C)noc2C)o1. The molecule has 0 amide bonds. The van der Waals surface area contributed by atoms with Crippen LogP contribution in [0.15, 0.2) is 13.8 Å². The third-order valence-corrected chi connectivity index (χ3v) is 4.80. The first-order valence-corrected chi connectivity index (χ1v) is 8.44. The maximum atomic E-state index is 12.6. The summed E-state index contributed by atoms with van der Waals surface area (Å²) in [5, 5.41) is 11.4. The Labute approximate surface area is 129 Å². The summed E-state index contributed by atoms with van der Waals surface area (Å²) in [5.74, 6) is 1.13. The average molecular weight is 328 g/mol. The van der Waals surface area contributed by atoms with Gasteiger partial charge in [-0.25, -0.2) is 8.42 Å². The lowest BCUT2D eigenvalue weighted by Gasteiger charge is -2.17. The van der Waals surface area contributed by atoms with Gasteiger partial charge in [-0.05, 0) is 26.2 Å². The normalized spacial score (nSPS) is 13.7. The molecule has 0 aliphatic rings. The monoisotopic (exact) mass is 328 g/mol. The second-order valence-electron chi connectivity index (χ2n) is 5.62. The molecule has 2 rings (SSSR count). The topological polar surface area (TPSA) is 111 Å². The summed E-state index contributed by atoms with van der Waals surface area (Å²) in [5.41, 5.74) is 0.315. The van der Waals surface area contributed by atoms with Crippen LogP contribution >= 0.6 is 0 Å². The minimum atomic E-state index is -3.80. The molecule has 1 N–H and O–H groups in total. The van der Waals surface area contributed by atoms with Gasteiger partial charge in [0.15, 0.2) is 5.76 Å². The minimum absolute atomic E-state index is 0.0532. The van der Waals surface area contributed by atoms with Crippen molar-refractivity contribution in [3.8, 4) is 0 Å². The highest BCUT2D eigenvalue weighted by Gasteiger charge is 2.30. The van der Waals surface area contributed by atoms with Gasteiger partial charge in [0.05, 0.1) is 0 Å². The highest BCUT2D eigenvalue weighted by atomic mass is 32.2. The molecule has 2 heterocycles. The predicted octanol–water partition coefficient (Wildman–Crippen LogP) is 2.05. The zero-order valence-corrected chi connectivity index (χ0v) is 14.1. The average Bonchev–Trinajstić information content (AvgIpc) is 2.94. The van der Waals surface area contributed by atoms with E-state index in [4.69, 9.17) is 8.94 Å². The van der Waals surface area contributed by atoms with Crippen LogP contribution in [0.3, 0.4) is 0 Å². The Morgan fingerprint density at radius 2 is 1.86 bits per heavy atom. The molecule has 0 aliphatic carbocycles. The molecule has 2 aromatic rings. The van der Waals surface area contributed by atoms with Crippen molar-refractivity contribution in [3.63, 3.8) is 0 Å². The first kappa shape index (κ1) is 16.6. The molecule has 9 heteroatoms. The Bertz CT molecular complexity index is 728. The summed E-state index contributed by atoms with van der Waals surface area (Å²) in [6.07, 6.45) is 0.532. The molecule has 0 fully saturated rings. The Hall–Kier alpha value is -1.74. The Morgan fingerprint density at radius 3 is 2.32 bits per heavy atom. The fraction of sp³-hybridized carbons (Fsp3) is 0.615. The van der Waals surface area contributed by atoms with Gasteiger partial charge < -0.3 is 8.94 Å². The summed E-state index contributed by atoms with van der Waals surface area (Å²) in [7, 11) is -3.80. The number of aryl methyl sites for hydroxylation is 3. The van der Waals surface area contributed by atoms with Crippen molar-refractivity contribution >= 4 is 10.0 Å². The highest BCUT2D eigenvalue weighted by molar-refractivity contribution is 7.89. The molecule has 1 atom stereocenters. The van der Waals surface area contributed by atoms with Crippen molar-refractivity contribution in [1.29, 1.82) is 0 Å². The number of sulfonamides is 1. The van der Waals surface area contributed by atoms with Crippen molar-refractivity contribution in [2.75, 3.05) is 0 Å². The van der Waals surface area contributed by atoms with E-state index >= 15 is 0 Å². The van der Waals surface area contributed by atoms with E-state index < -0.39 is 16.1 Å². The number of aromatic nitrogens is 3. The third-order valence-electron chi connectivity index (χ3n) is 3.08. The van der Waals surface area contributed by atoms with Gasteiger partial charge in [-0.3, -0.25) is 0 Å². The summed E-state index contributed by atoms with van der Waals surface area (Å²) in [6, 6.07) is -0.597. The lowest BCUT2D eigenvalue weighted by atomic mass is 10.0. The number of nitrogens with zero attached hydrogens (tertiary/aromatic N) is 3. The molecule has 0 aromatic carbocycles. The van der Waals surface area contributed by atoms with E-state index in [0.717, 1.165) is 0 Å². The van der Waals surface area contributed by atoms with Crippen LogP contribution in [0.25, 0.3) is 0 Å². The van der Waals surface area contributed by atoms with Crippen molar-refractivity contribution in [2.24, 2.45) is 5.92 Å². The van der Waals surface area contributed by atoms with Gasteiger partial charge in [0.25, 0.3) is 0 Å². The van der Waals surface area contributed by atoms with E-state index in [2.05, 4.69) is 20.1 Å². The van der Waals surface area contributed by atoms with Crippen LogP contribution < -0.4 is 4.72 Å². The molecule has 2 aromatic heterocycles. The third kappa shape index (κ3) is 3.53.